The molecule has 10 nitrogen and oxygen atoms in total. The van der Waals surface area contributed by atoms with Crippen LogP contribution in [0.2, 0.25) is 0 Å². The zero-order chi connectivity index (χ0) is 31.1. The van der Waals surface area contributed by atoms with Gasteiger partial charge in [0.1, 0.15) is 17.7 Å². The molecule has 0 bridgehead atoms. The number of aliphatic hydroxyl groups is 1. The van der Waals surface area contributed by atoms with E-state index in [0.717, 1.165) is 16.2 Å². The highest BCUT2D eigenvalue weighted by molar-refractivity contribution is 7.17. The molecule has 2 atom stereocenters. The first-order chi connectivity index (χ1) is 21.8. The minimum atomic E-state index is -1.12. The van der Waals surface area contributed by atoms with E-state index in [1.165, 1.54) is 22.2 Å². The number of furan rings is 1. The van der Waals surface area contributed by atoms with Gasteiger partial charge in [-0.05, 0) is 55.2 Å². The van der Waals surface area contributed by atoms with Crippen LogP contribution in [0.25, 0.3) is 21.7 Å². The highest BCUT2D eigenvalue weighted by atomic mass is 32.1. The van der Waals surface area contributed by atoms with Gasteiger partial charge in [0.05, 0.1) is 33.5 Å². The molecule has 2 amide bonds. The second-order valence-electron chi connectivity index (χ2n) is 12.2. The van der Waals surface area contributed by atoms with E-state index in [1.807, 2.05) is 71.4 Å². The smallest absolute Gasteiger partial charge is 0.263 e. The van der Waals surface area contributed by atoms with Crippen molar-refractivity contribution < 1.29 is 19.1 Å². The monoisotopic (exact) mass is 625 g/mol. The van der Waals surface area contributed by atoms with Gasteiger partial charge >= 0.3 is 0 Å². The minimum absolute atomic E-state index is 0.0360. The first kappa shape index (κ1) is 29.2. The number of amides is 2. The Morgan fingerprint density at radius 1 is 1.02 bits per heavy atom. The van der Waals surface area contributed by atoms with Crippen molar-refractivity contribution >= 4 is 34.2 Å². The number of nitrogens with zero attached hydrogens (tertiary/aromatic N) is 5. The molecule has 0 unspecified atom stereocenters. The van der Waals surface area contributed by atoms with E-state index in [-0.39, 0.29) is 35.8 Å². The van der Waals surface area contributed by atoms with E-state index >= 15 is 0 Å². The van der Waals surface area contributed by atoms with Crippen molar-refractivity contribution in [3.05, 3.63) is 100 Å². The molecule has 4 aromatic heterocycles. The summed E-state index contributed by atoms with van der Waals surface area (Å²) >= 11 is 1.41. The van der Waals surface area contributed by atoms with Gasteiger partial charge in [0.15, 0.2) is 0 Å². The van der Waals surface area contributed by atoms with Crippen LogP contribution in [-0.4, -0.2) is 72.6 Å². The number of hydrogen-bond acceptors (Lipinski definition) is 7. The van der Waals surface area contributed by atoms with E-state index < -0.39 is 5.60 Å². The average Bonchev–Trinajstić information content (AvgIpc) is 3.84. The summed E-state index contributed by atoms with van der Waals surface area (Å²) in [5.74, 6) is 0.325. The zero-order valence-electron chi connectivity index (χ0n) is 25.0. The normalized spacial score (nSPS) is 20.0. The maximum absolute atomic E-state index is 14.1. The van der Waals surface area contributed by atoms with Gasteiger partial charge in [-0.2, -0.15) is 0 Å². The van der Waals surface area contributed by atoms with Gasteiger partial charge in [0, 0.05) is 51.3 Å². The van der Waals surface area contributed by atoms with Crippen molar-refractivity contribution in [1.29, 1.82) is 0 Å². The van der Waals surface area contributed by atoms with E-state index in [9.17, 15) is 19.5 Å². The first-order valence-electron chi connectivity index (χ1n) is 15.3. The Kier molecular flexibility index (Phi) is 7.66. The van der Waals surface area contributed by atoms with Crippen LogP contribution in [0.5, 0.6) is 0 Å². The van der Waals surface area contributed by atoms with E-state index in [0.29, 0.717) is 61.4 Å². The molecule has 2 saturated heterocycles. The van der Waals surface area contributed by atoms with Crippen LogP contribution >= 0.6 is 11.3 Å². The highest BCUT2D eigenvalue weighted by Crippen LogP contribution is 2.37. The number of fused-ring (bicyclic) bond motifs is 1. The van der Waals surface area contributed by atoms with Crippen LogP contribution < -0.4 is 5.56 Å². The van der Waals surface area contributed by atoms with E-state index in [4.69, 9.17) is 4.42 Å². The Morgan fingerprint density at radius 2 is 1.82 bits per heavy atom. The first-order valence-corrected chi connectivity index (χ1v) is 16.1. The van der Waals surface area contributed by atoms with Crippen LogP contribution in [0.15, 0.2) is 88.7 Å². The fraction of sp³-hybridized carbons (Fsp3) is 0.353. The number of thiophene rings is 1. The predicted octanol–water partition coefficient (Wildman–Crippen LogP) is 4.36. The number of aromatic nitrogens is 3. The van der Waals surface area contributed by atoms with Crippen molar-refractivity contribution in [1.82, 2.24) is 23.9 Å². The fourth-order valence-corrected chi connectivity index (χ4v) is 7.72. The SMILES string of the molecule is Cn1ccc2c(=O)n(CC3(O)CCN(C(=O)[C@@H]4CCN(C(=O)c5ccc(-c6ccco6)s5)C[C@H]4c4ccccc4)CC3)cnc21. The standard InChI is InChI=1S/C34H35N5O5S/c1-36-15-11-25-30(36)35-22-39(32(25)41)21-34(43)13-17-37(18-14-34)31(40)24-12-16-38(20-26(24)23-6-3-2-4-7-23)33(42)29-10-9-28(45-29)27-8-5-19-44-27/h2-11,15,19,22,24,26,43H,12-14,16-18,20-21H2,1H3/t24-,26+/m1/s1. The largest absolute Gasteiger partial charge is 0.464 e. The van der Waals surface area contributed by atoms with Gasteiger partial charge in [-0.15, -0.1) is 11.3 Å². The Morgan fingerprint density at radius 3 is 2.58 bits per heavy atom. The van der Waals surface area contributed by atoms with Crippen LogP contribution in [0.3, 0.4) is 0 Å². The van der Waals surface area contributed by atoms with Gasteiger partial charge in [0.25, 0.3) is 11.5 Å². The minimum Gasteiger partial charge on any atom is -0.464 e. The molecule has 1 aromatic carbocycles. The van der Waals surface area contributed by atoms with E-state index in [1.54, 1.807) is 23.1 Å². The molecule has 2 aliphatic heterocycles. The number of piperidine rings is 2. The molecule has 7 rings (SSSR count). The molecule has 1 N–H and O–H groups in total. The second-order valence-corrected chi connectivity index (χ2v) is 13.3. The molecule has 11 heteroatoms. The summed E-state index contributed by atoms with van der Waals surface area (Å²) in [6.07, 6.45) is 6.19. The third-order valence-electron chi connectivity index (χ3n) is 9.35. The summed E-state index contributed by atoms with van der Waals surface area (Å²) in [4.78, 5) is 50.4. The number of rotatable bonds is 6. The lowest BCUT2D eigenvalue weighted by molar-refractivity contribution is -0.142. The molecule has 232 valence electrons. The summed E-state index contributed by atoms with van der Waals surface area (Å²) in [7, 11) is 1.84. The Labute approximate surface area is 264 Å². The molecule has 0 radical (unpaired) electrons. The molecule has 2 fully saturated rings. The van der Waals surface area contributed by atoms with E-state index in [2.05, 4.69) is 4.98 Å². The maximum Gasteiger partial charge on any atom is 0.263 e. The molecular weight excluding hydrogens is 590 g/mol. The van der Waals surface area contributed by atoms with Crippen molar-refractivity contribution in [3.8, 4) is 10.6 Å². The number of carbonyl (C=O) groups excluding carboxylic acids is 2. The lowest BCUT2D eigenvalue weighted by Gasteiger charge is -2.43. The van der Waals surface area contributed by atoms with Crippen molar-refractivity contribution in [2.24, 2.45) is 13.0 Å². The summed E-state index contributed by atoms with van der Waals surface area (Å²) in [5.41, 5.74) is 0.347. The molecule has 2 aliphatic rings. The van der Waals surface area contributed by atoms with Gasteiger partial charge in [-0.3, -0.25) is 19.0 Å². The Bertz CT molecular complexity index is 1880. The molecule has 0 aliphatic carbocycles. The third kappa shape index (κ3) is 5.62. The van der Waals surface area contributed by atoms with Gasteiger partial charge in [-0.25, -0.2) is 4.98 Å². The Balaban J connectivity index is 1.04. The molecule has 6 heterocycles. The fourth-order valence-electron chi connectivity index (χ4n) is 6.78. The lowest BCUT2D eigenvalue weighted by Crippen LogP contribution is -2.53. The van der Waals surface area contributed by atoms with Crippen molar-refractivity contribution in [3.63, 3.8) is 0 Å². The predicted molar refractivity (Wildman–Crippen MR) is 171 cm³/mol. The summed E-state index contributed by atoms with van der Waals surface area (Å²) in [6.45, 7) is 1.86. The summed E-state index contributed by atoms with van der Waals surface area (Å²) in [5, 5.41) is 12.0. The molecular formula is C34H35N5O5S. The molecule has 5 aromatic rings. The van der Waals surface area contributed by atoms with Crippen LogP contribution in [0.1, 0.15) is 40.4 Å². The number of aryl methyl sites for hydroxylation is 1. The number of carbonyl (C=O) groups is 2. The average molecular weight is 626 g/mol. The van der Waals surface area contributed by atoms with Gasteiger partial charge in [-0.1, -0.05) is 30.3 Å². The van der Waals surface area contributed by atoms with Crippen LogP contribution in [0, 0.1) is 5.92 Å². The molecule has 45 heavy (non-hydrogen) atoms. The highest BCUT2D eigenvalue weighted by Gasteiger charge is 2.42. The molecule has 0 saturated carbocycles. The Hall–Kier alpha value is -4.48. The lowest BCUT2D eigenvalue weighted by atomic mass is 9.79. The number of hydrogen-bond donors (Lipinski definition) is 1. The summed E-state index contributed by atoms with van der Waals surface area (Å²) < 4.78 is 8.77. The number of likely N-dealkylation sites (tertiary alicyclic amines) is 2. The summed E-state index contributed by atoms with van der Waals surface area (Å²) in [6, 6.07) is 19.2. The number of benzene rings is 1. The van der Waals surface area contributed by atoms with Gasteiger partial charge in [0.2, 0.25) is 5.91 Å². The maximum atomic E-state index is 14.1. The van der Waals surface area contributed by atoms with Crippen molar-refractivity contribution in [2.45, 2.75) is 37.3 Å². The van der Waals surface area contributed by atoms with Crippen LogP contribution in [0.4, 0.5) is 0 Å². The van der Waals surface area contributed by atoms with Crippen LogP contribution in [-0.2, 0) is 18.4 Å². The topological polar surface area (TPSA) is 114 Å². The second kappa shape index (κ2) is 11.8. The van der Waals surface area contributed by atoms with Crippen molar-refractivity contribution in [2.75, 3.05) is 26.2 Å². The quantitative estimate of drug-likeness (QED) is 0.300. The third-order valence-corrected chi connectivity index (χ3v) is 10.4. The van der Waals surface area contributed by atoms with Gasteiger partial charge < -0.3 is 23.9 Å². The zero-order valence-corrected chi connectivity index (χ0v) is 25.9. The molecule has 0 spiro atoms.